The molecule has 14 heavy (non-hydrogen) atoms. The lowest BCUT2D eigenvalue weighted by Gasteiger charge is -2.10. The summed E-state index contributed by atoms with van der Waals surface area (Å²) >= 11 is 3.11. The Labute approximate surface area is 92.6 Å². The molecule has 1 aromatic rings. The average Bonchev–Trinajstić information content (AvgIpc) is 2.56. The molecule has 2 heteroatoms. The van der Waals surface area contributed by atoms with E-state index in [0.29, 0.717) is 6.42 Å². The van der Waals surface area contributed by atoms with E-state index in [1.54, 1.807) is 0 Å². The maximum atomic E-state index is 13.5. The number of hydrogen-bond donors (Lipinski definition) is 0. The van der Waals surface area contributed by atoms with Gasteiger partial charge in [0.15, 0.2) is 4.58 Å². The van der Waals surface area contributed by atoms with Crippen LogP contribution in [-0.4, -0.2) is 4.58 Å². The van der Waals surface area contributed by atoms with Gasteiger partial charge >= 0.3 is 0 Å². The van der Waals surface area contributed by atoms with Gasteiger partial charge in [0.05, 0.1) is 0 Å². The Morgan fingerprint density at radius 2 is 1.71 bits per heavy atom. The van der Waals surface area contributed by atoms with Crippen LogP contribution in [0.3, 0.4) is 0 Å². The molecule has 0 heterocycles. The molecule has 0 radical (unpaired) electrons. The van der Waals surface area contributed by atoms with E-state index in [9.17, 15) is 4.39 Å². The summed E-state index contributed by atoms with van der Waals surface area (Å²) in [5.41, 5.74) is 4.87. The lowest BCUT2D eigenvalue weighted by Crippen LogP contribution is -1.97. The topological polar surface area (TPSA) is 0 Å². The SMILES string of the molecule is Cc1cc(C)c(C2CC2(F)Br)c(C)c1. The van der Waals surface area contributed by atoms with Gasteiger partial charge in [-0.2, -0.15) is 0 Å². The fraction of sp³-hybridized carbons (Fsp3) is 0.500. The minimum Gasteiger partial charge on any atom is -0.231 e. The third-order valence-corrected chi connectivity index (χ3v) is 3.79. The smallest absolute Gasteiger partial charge is 0.172 e. The molecule has 2 atom stereocenters. The second kappa shape index (κ2) is 3.06. The Bertz CT molecular complexity index is 359. The van der Waals surface area contributed by atoms with Gasteiger partial charge in [0.2, 0.25) is 0 Å². The van der Waals surface area contributed by atoms with Crippen molar-refractivity contribution in [3.63, 3.8) is 0 Å². The van der Waals surface area contributed by atoms with Crippen LogP contribution in [0, 0.1) is 20.8 Å². The standard InChI is InChI=1S/C12H14BrF/c1-7-4-8(2)11(9(3)5-7)10-6-12(10,13)14/h4-5,10H,6H2,1-3H3. The summed E-state index contributed by atoms with van der Waals surface area (Å²) in [4.78, 5) is 0. The van der Waals surface area contributed by atoms with Crippen molar-refractivity contribution in [1.29, 1.82) is 0 Å². The van der Waals surface area contributed by atoms with Crippen LogP contribution < -0.4 is 0 Å². The quantitative estimate of drug-likeness (QED) is 0.662. The van der Waals surface area contributed by atoms with Gasteiger partial charge in [-0.05, 0) is 53.4 Å². The number of halogens is 2. The number of hydrogen-bond acceptors (Lipinski definition) is 0. The number of benzene rings is 1. The molecule has 1 aliphatic rings. The molecule has 1 saturated carbocycles. The van der Waals surface area contributed by atoms with Crippen LogP contribution in [0.25, 0.3) is 0 Å². The highest BCUT2D eigenvalue weighted by atomic mass is 79.9. The van der Waals surface area contributed by atoms with E-state index in [0.717, 1.165) is 0 Å². The first-order chi connectivity index (χ1) is 6.42. The van der Waals surface area contributed by atoms with E-state index in [1.165, 1.54) is 22.3 Å². The zero-order chi connectivity index (χ0) is 10.5. The highest BCUT2D eigenvalue weighted by Gasteiger charge is 2.55. The summed E-state index contributed by atoms with van der Waals surface area (Å²) < 4.78 is 12.4. The Morgan fingerprint density at radius 3 is 2.07 bits per heavy atom. The second-order valence-electron chi connectivity index (χ2n) is 4.33. The molecular formula is C12H14BrF. The summed E-state index contributed by atoms with van der Waals surface area (Å²) in [6.45, 7) is 6.21. The number of aryl methyl sites for hydroxylation is 3. The first-order valence-corrected chi connectivity index (χ1v) is 5.66. The molecule has 1 fully saturated rings. The molecule has 1 aliphatic carbocycles. The Morgan fingerprint density at radius 1 is 1.29 bits per heavy atom. The van der Waals surface area contributed by atoms with Gasteiger partial charge in [-0.3, -0.25) is 0 Å². The predicted octanol–water partition coefficient (Wildman–Crippen LogP) is 4.16. The molecule has 0 aliphatic heterocycles. The third kappa shape index (κ3) is 1.60. The van der Waals surface area contributed by atoms with Crippen LogP contribution >= 0.6 is 15.9 Å². The van der Waals surface area contributed by atoms with Crippen LogP contribution in [0.5, 0.6) is 0 Å². The van der Waals surface area contributed by atoms with E-state index in [1.807, 2.05) is 0 Å². The zero-order valence-electron chi connectivity index (χ0n) is 8.70. The molecule has 1 aromatic carbocycles. The normalized spacial score (nSPS) is 30.5. The van der Waals surface area contributed by atoms with Crippen molar-refractivity contribution in [1.82, 2.24) is 0 Å². The summed E-state index contributed by atoms with van der Waals surface area (Å²) in [7, 11) is 0. The van der Waals surface area contributed by atoms with Crippen LogP contribution in [-0.2, 0) is 0 Å². The van der Waals surface area contributed by atoms with Crippen molar-refractivity contribution >= 4 is 15.9 Å². The molecule has 0 spiro atoms. The molecule has 0 saturated heterocycles. The Kier molecular flexibility index (Phi) is 2.22. The number of rotatable bonds is 1. The molecule has 0 amide bonds. The third-order valence-electron chi connectivity index (χ3n) is 2.91. The first kappa shape index (κ1) is 10.2. The minimum absolute atomic E-state index is 0.0584. The van der Waals surface area contributed by atoms with Crippen molar-refractivity contribution in [3.8, 4) is 0 Å². The molecule has 76 valence electrons. The fourth-order valence-corrected chi connectivity index (χ4v) is 2.82. The van der Waals surface area contributed by atoms with Crippen molar-refractivity contribution < 1.29 is 4.39 Å². The summed E-state index contributed by atoms with van der Waals surface area (Å²) in [5, 5.41) is 0. The molecule has 0 N–H and O–H groups in total. The van der Waals surface area contributed by atoms with Crippen molar-refractivity contribution in [3.05, 3.63) is 34.4 Å². The van der Waals surface area contributed by atoms with Gasteiger partial charge < -0.3 is 0 Å². The molecule has 0 bridgehead atoms. The van der Waals surface area contributed by atoms with Crippen molar-refractivity contribution in [2.75, 3.05) is 0 Å². The zero-order valence-corrected chi connectivity index (χ0v) is 10.3. The van der Waals surface area contributed by atoms with Crippen LogP contribution in [0.1, 0.15) is 34.6 Å². The highest BCUT2D eigenvalue weighted by molar-refractivity contribution is 9.10. The molecule has 2 rings (SSSR count). The van der Waals surface area contributed by atoms with Gasteiger partial charge in [-0.25, -0.2) is 4.39 Å². The number of alkyl halides is 2. The highest BCUT2D eigenvalue weighted by Crippen LogP contribution is 2.60. The Balaban J connectivity index is 2.44. The van der Waals surface area contributed by atoms with Gasteiger partial charge in [0.25, 0.3) is 0 Å². The van der Waals surface area contributed by atoms with E-state index in [-0.39, 0.29) is 5.92 Å². The van der Waals surface area contributed by atoms with Gasteiger partial charge in [-0.1, -0.05) is 17.7 Å². The minimum atomic E-state index is -1.14. The summed E-state index contributed by atoms with van der Waals surface area (Å²) in [6.07, 6.45) is 0.609. The van der Waals surface area contributed by atoms with Crippen molar-refractivity contribution in [2.24, 2.45) is 0 Å². The molecule has 0 nitrogen and oxygen atoms in total. The van der Waals surface area contributed by atoms with Gasteiger partial charge in [0.1, 0.15) is 0 Å². The van der Waals surface area contributed by atoms with E-state index in [4.69, 9.17) is 0 Å². The largest absolute Gasteiger partial charge is 0.231 e. The second-order valence-corrected chi connectivity index (χ2v) is 5.65. The molecule has 0 aromatic heterocycles. The fourth-order valence-electron chi connectivity index (χ4n) is 2.27. The predicted molar refractivity (Wildman–Crippen MR) is 60.8 cm³/mol. The summed E-state index contributed by atoms with van der Waals surface area (Å²) in [6, 6.07) is 4.26. The van der Waals surface area contributed by atoms with E-state index in [2.05, 4.69) is 48.8 Å². The maximum Gasteiger partial charge on any atom is 0.172 e. The van der Waals surface area contributed by atoms with Gasteiger partial charge in [0, 0.05) is 12.3 Å². The van der Waals surface area contributed by atoms with Crippen LogP contribution in [0.15, 0.2) is 12.1 Å². The maximum absolute atomic E-state index is 13.5. The summed E-state index contributed by atoms with van der Waals surface area (Å²) in [5.74, 6) is 0.0584. The molecular weight excluding hydrogens is 243 g/mol. The van der Waals surface area contributed by atoms with Crippen molar-refractivity contribution in [2.45, 2.75) is 37.7 Å². The van der Waals surface area contributed by atoms with E-state index < -0.39 is 4.58 Å². The van der Waals surface area contributed by atoms with E-state index >= 15 is 0 Å². The average molecular weight is 257 g/mol. The lowest BCUT2D eigenvalue weighted by molar-refractivity contribution is 0.435. The monoisotopic (exact) mass is 256 g/mol. The Hall–Kier alpha value is -0.370. The molecule has 2 unspecified atom stereocenters. The van der Waals surface area contributed by atoms with Gasteiger partial charge in [-0.15, -0.1) is 0 Å². The first-order valence-electron chi connectivity index (χ1n) is 4.87. The van der Waals surface area contributed by atoms with Crippen LogP contribution in [0.4, 0.5) is 4.39 Å². The van der Waals surface area contributed by atoms with Crippen LogP contribution in [0.2, 0.25) is 0 Å². The lowest BCUT2D eigenvalue weighted by atomic mass is 9.96.